The molecule has 5 nitrogen and oxygen atoms in total. The summed E-state index contributed by atoms with van der Waals surface area (Å²) in [4.78, 5) is 25.1. The molecule has 0 fully saturated rings. The van der Waals surface area contributed by atoms with Crippen molar-refractivity contribution < 1.29 is 58.2 Å². The summed E-state index contributed by atoms with van der Waals surface area (Å²) in [7, 11) is 0. The van der Waals surface area contributed by atoms with Crippen LogP contribution in [0.15, 0.2) is 65.1 Å². The van der Waals surface area contributed by atoms with Gasteiger partial charge in [0.1, 0.15) is 0 Å². The molecule has 214 valence electrons. The molecule has 0 aromatic heterocycles. The van der Waals surface area contributed by atoms with Gasteiger partial charge in [0.2, 0.25) is 0 Å². The number of carbonyl (C=O) groups excluding carboxylic acids is 2. The number of nitrogens with one attached hydrogen (secondary N) is 2. The van der Waals surface area contributed by atoms with E-state index in [2.05, 4.69) is 26.0 Å². The lowest BCUT2D eigenvalue weighted by Crippen LogP contribution is -2.50. The lowest BCUT2D eigenvalue weighted by atomic mass is 9.93. The maximum absolute atomic E-state index is 15.1. The Morgan fingerprint density at radius 3 is 1.95 bits per heavy atom. The maximum atomic E-state index is 15.1. The molecule has 2 N–H and O–H groups in total. The molecule has 3 aromatic rings. The van der Waals surface area contributed by atoms with Crippen molar-refractivity contribution in [2.75, 3.05) is 10.6 Å². The Balaban J connectivity index is 2.02. The molecule has 2 amide bonds. The summed E-state index contributed by atoms with van der Waals surface area (Å²) >= 11 is 2.51. The van der Waals surface area contributed by atoms with Crippen LogP contribution in [0.3, 0.4) is 0 Å². The van der Waals surface area contributed by atoms with Crippen molar-refractivity contribution in [2.24, 2.45) is 0 Å². The van der Waals surface area contributed by atoms with Gasteiger partial charge in [-0.05, 0) is 52.3 Å². The van der Waals surface area contributed by atoms with Crippen molar-refractivity contribution in [1.82, 2.24) is 0 Å². The van der Waals surface area contributed by atoms with E-state index < -0.39 is 75.0 Å². The highest BCUT2D eigenvalue weighted by Gasteiger charge is 2.73. The van der Waals surface area contributed by atoms with E-state index in [1.165, 1.54) is 24.3 Å². The lowest BCUT2D eigenvalue weighted by molar-refractivity contribution is -0.348. The third-order valence-electron chi connectivity index (χ3n) is 5.22. The van der Waals surface area contributed by atoms with Crippen molar-refractivity contribution in [1.29, 1.82) is 0 Å². The molecule has 0 heterocycles. The number of hydrogen-bond donors (Lipinski definition) is 2. The first-order valence-electron chi connectivity index (χ1n) is 10.5. The molecule has 0 atom stereocenters. The molecular weight excluding hydrogens is 634 g/mol. The number of ether oxygens (including phenoxy) is 1. The van der Waals surface area contributed by atoms with Gasteiger partial charge in [-0.3, -0.25) is 9.59 Å². The van der Waals surface area contributed by atoms with E-state index in [9.17, 15) is 49.1 Å². The normalized spacial score (nSPS) is 12.3. The summed E-state index contributed by atoms with van der Waals surface area (Å²) < 4.78 is 138. The zero-order valence-corrected chi connectivity index (χ0v) is 20.8. The molecule has 0 aliphatic rings. The molecule has 0 aliphatic heterocycles. The minimum absolute atomic E-state index is 0.0538. The molecular formula is C24H13BrF10N2O3. The summed E-state index contributed by atoms with van der Waals surface area (Å²) in [5, 5.41) is 4.03. The van der Waals surface area contributed by atoms with Crippen molar-refractivity contribution >= 4 is 39.1 Å². The molecule has 0 spiro atoms. The van der Waals surface area contributed by atoms with E-state index >= 15 is 4.39 Å². The van der Waals surface area contributed by atoms with Gasteiger partial charge in [0.25, 0.3) is 11.8 Å². The van der Waals surface area contributed by atoms with Crippen LogP contribution < -0.4 is 15.4 Å². The molecule has 0 unspecified atom stereocenters. The molecule has 0 saturated carbocycles. The van der Waals surface area contributed by atoms with Gasteiger partial charge in [-0.1, -0.05) is 24.3 Å². The Hall–Kier alpha value is -3.82. The summed E-state index contributed by atoms with van der Waals surface area (Å²) in [5.41, 5.74) is -10.4. The molecule has 0 aliphatic carbocycles. The number of hydrogen-bond acceptors (Lipinski definition) is 3. The minimum atomic E-state index is -6.58. The Kier molecular flexibility index (Phi) is 8.71. The first-order chi connectivity index (χ1) is 18.5. The zero-order valence-electron chi connectivity index (χ0n) is 19.2. The average molecular weight is 647 g/mol. The van der Waals surface area contributed by atoms with Crippen molar-refractivity contribution in [2.45, 2.75) is 24.6 Å². The quantitative estimate of drug-likeness (QED) is 0.256. The SMILES string of the molecule is O=C(Nc1cccc(C(=O)Nc2c(Br)cc(C(F)(C(F)(F)F)C(F)(F)F)cc2OC(F)F)c1F)c1ccccc1. The van der Waals surface area contributed by atoms with Crippen LogP contribution >= 0.6 is 15.9 Å². The Morgan fingerprint density at radius 2 is 1.40 bits per heavy atom. The largest absolute Gasteiger partial charge is 0.435 e. The fraction of sp³-hybridized carbons (Fsp3) is 0.167. The smallest absolute Gasteiger partial charge is 0.433 e. The van der Waals surface area contributed by atoms with Gasteiger partial charge in [-0.25, -0.2) is 8.78 Å². The van der Waals surface area contributed by atoms with E-state index in [0.29, 0.717) is 0 Å². The van der Waals surface area contributed by atoms with Crippen LogP contribution in [0.4, 0.5) is 55.3 Å². The highest BCUT2D eigenvalue weighted by molar-refractivity contribution is 9.10. The number of amides is 2. The van der Waals surface area contributed by atoms with E-state index in [1.54, 1.807) is 6.07 Å². The van der Waals surface area contributed by atoms with Crippen LogP contribution in [-0.4, -0.2) is 30.8 Å². The van der Waals surface area contributed by atoms with Crippen LogP contribution in [0.5, 0.6) is 5.75 Å². The molecule has 16 heteroatoms. The van der Waals surface area contributed by atoms with Gasteiger partial charge in [-0.15, -0.1) is 0 Å². The van der Waals surface area contributed by atoms with Crippen molar-refractivity contribution in [3.63, 3.8) is 0 Å². The Labute approximate surface area is 226 Å². The van der Waals surface area contributed by atoms with Gasteiger partial charge in [0.05, 0.1) is 16.9 Å². The van der Waals surface area contributed by atoms with E-state index in [4.69, 9.17) is 0 Å². The third-order valence-corrected chi connectivity index (χ3v) is 5.84. The van der Waals surface area contributed by atoms with E-state index in [0.717, 1.165) is 18.2 Å². The maximum Gasteiger partial charge on any atom is 0.435 e. The van der Waals surface area contributed by atoms with Crippen LogP contribution in [0, 0.1) is 5.82 Å². The molecule has 0 radical (unpaired) electrons. The second kappa shape index (κ2) is 11.3. The Morgan fingerprint density at radius 1 is 0.800 bits per heavy atom. The second-order valence-corrected chi connectivity index (χ2v) is 8.66. The van der Waals surface area contributed by atoms with Gasteiger partial charge in [0, 0.05) is 15.6 Å². The first-order valence-corrected chi connectivity index (χ1v) is 11.3. The van der Waals surface area contributed by atoms with Gasteiger partial charge in [-0.2, -0.15) is 35.1 Å². The van der Waals surface area contributed by atoms with Gasteiger partial charge in [0.15, 0.2) is 11.6 Å². The van der Waals surface area contributed by atoms with Crippen LogP contribution in [0.1, 0.15) is 26.3 Å². The summed E-state index contributed by atoms with van der Waals surface area (Å²) in [6, 6.07) is 10.1. The lowest BCUT2D eigenvalue weighted by Gasteiger charge is -2.31. The van der Waals surface area contributed by atoms with Crippen LogP contribution in [0.25, 0.3) is 0 Å². The van der Waals surface area contributed by atoms with E-state index in [-0.39, 0.29) is 17.7 Å². The third kappa shape index (κ3) is 6.16. The van der Waals surface area contributed by atoms with Crippen LogP contribution in [-0.2, 0) is 5.67 Å². The predicted octanol–water partition coefficient (Wildman–Crippen LogP) is 7.98. The molecule has 3 aromatic carbocycles. The van der Waals surface area contributed by atoms with Crippen molar-refractivity contribution in [3.8, 4) is 5.75 Å². The number of halogens is 11. The number of alkyl halides is 9. The van der Waals surface area contributed by atoms with E-state index in [1.807, 2.05) is 5.32 Å². The monoisotopic (exact) mass is 646 g/mol. The number of carbonyl (C=O) groups is 2. The summed E-state index contributed by atoms with van der Waals surface area (Å²) in [6.45, 7) is -3.85. The minimum Gasteiger partial charge on any atom is -0.433 e. The molecule has 0 saturated heterocycles. The zero-order chi connectivity index (χ0) is 30.0. The predicted molar refractivity (Wildman–Crippen MR) is 124 cm³/mol. The van der Waals surface area contributed by atoms with Gasteiger partial charge < -0.3 is 15.4 Å². The summed E-state index contributed by atoms with van der Waals surface area (Å²) in [5.74, 6) is -5.05. The molecule has 3 rings (SSSR count). The van der Waals surface area contributed by atoms with Crippen LogP contribution in [0.2, 0.25) is 0 Å². The molecule has 40 heavy (non-hydrogen) atoms. The highest BCUT2D eigenvalue weighted by atomic mass is 79.9. The highest BCUT2D eigenvalue weighted by Crippen LogP contribution is 2.55. The first kappa shape index (κ1) is 30.7. The Bertz CT molecular complexity index is 1400. The summed E-state index contributed by atoms with van der Waals surface area (Å²) in [6.07, 6.45) is -13.2. The second-order valence-electron chi connectivity index (χ2n) is 7.81. The topological polar surface area (TPSA) is 67.4 Å². The number of benzene rings is 3. The fourth-order valence-electron chi connectivity index (χ4n) is 3.35. The standard InChI is InChI=1S/C24H13BrF10N2O3/c25-14-9-12(22(29,23(30,31)32)24(33,34)35)10-16(40-21(27)28)18(14)37-20(39)13-7-4-8-15(17(13)26)36-19(38)11-5-2-1-3-6-11/h1-10,21H,(H,36,38)(H,37,39). The van der Waals surface area contributed by atoms with Crippen molar-refractivity contribution in [3.05, 3.63) is 87.6 Å². The fourth-order valence-corrected chi connectivity index (χ4v) is 3.89. The van der Waals surface area contributed by atoms with Gasteiger partial charge >= 0.3 is 24.6 Å². The molecule has 0 bridgehead atoms. The average Bonchev–Trinajstić information content (AvgIpc) is 2.85. The number of rotatable bonds is 7. The number of anilines is 2.